The van der Waals surface area contributed by atoms with Crippen LogP contribution in [0.3, 0.4) is 0 Å². The van der Waals surface area contributed by atoms with Crippen molar-refractivity contribution in [3.05, 3.63) is 29.8 Å². The number of amides is 1. The third-order valence-corrected chi connectivity index (χ3v) is 6.45. The van der Waals surface area contributed by atoms with Crippen LogP contribution in [0.15, 0.2) is 29.2 Å². The van der Waals surface area contributed by atoms with Crippen molar-refractivity contribution in [3.8, 4) is 0 Å². The number of hydrogen-bond donors (Lipinski definition) is 1. The van der Waals surface area contributed by atoms with E-state index in [1.165, 1.54) is 18.9 Å². The summed E-state index contributed by atoms with van der Waals surface area (Å²) in [5, 5.41) is 2.34. The standard InChI is InChI=1S/C14H16F5NO4S2.C2H6/c1-23-13(22)11(14(24-2)7-25-8-14)20-12(21)9-3-5-10(6-4-9)26(15,16,17,18)19;1-2/h3-6,11H,7-8H2,1-2H3,(H,20,21);1-2H3. The molecular weight excluding hydrogens is 429 g/mol. The van der Waals surface area contributed by atoms with E-state index in [0.717, 1.165) is 7.11 Å². The summed E-state index contributed by atoms with van der Waals surface area (Å²) >= 11 is 1.46. The Hall–Kier alpha value is -1.53. The van der Waals surface area contributed by atoms with Crippen LogP contribution in [0.1, 0.15) is 24.2 Å². The summed E-state index contributed by atoms with van der Waals surface area (Å²) < 4.78 is 73.5. The molecule has 5 nitrogen and oxygen atoms in total. The predicted molar refractivity (Wildman–Crippen MR) is 99.5 cm³/mol. The SMILES string of the molecule is CC.COC(=O)C(NC(=O)c1ccc(S(F)(F)(F)(F)F)cc1)C1(OC)CSC1. The van der Waals surface area contributed by atoms with Gasteiger partial charge in [-0.1, -0.05) is 33.3 Å². The molecule has 0 aliphatic carbocycles. The molecule has 12 heteroatoms. The molecule has 0 bridgehead atoms. The van der Waals surface area contributed by atoms with Gasteiger partial charge in [0.2, 0.25) is 0 Å². The molecule has 1 aromatic carbocycles. The van der Waals surface area contributed by atoms with Gasteiger partial charge in [0.05, 0.1) is 7.11 Å². The maximum Gasteiger partial charge on any atom is 0.331 e. The number of nitrogens with one attached hydrogen (secondary N) is 1. The first-order valence-corrected chi connectivity index (χ1v) is 11.2. The average molecular weight is 451 g/mol. The minimum absolute atomic E-state index is 0.134. The number of ether oxygens (including phenoxy) is 2. The minimum Gasteiger partial charge on any atom is -0.467 e. The van der Waals surface area contributed by atoms with E-state index >= 15 is 0 Å². The van der Waals surface area contributed by atoms with Crippen molar-refractivity contribution in [3.63, 3.8) is 0 Å². The Kier molecular flexibility index (Phi) is 6.75. The molecule has 1 aromatic rings. The van der Waals surface area contributed by atoms with Crippen LogP contribution in [-0.4, -0.2) is 49.2 Å². The Balaban J connectivity index is 0.00000190. The summed E-state index contributed by atoms with van der Waals surface area (Å²) in [4.78, 5) is 22.1. The van der Waals surface area contributed by atoms with Gasteiger partial charge in [-0.3, -0.25) is 4.79 Å². The van der Waals surface area contributed by atoms with Crippen molar-refractivity contribution >= 4 is 33.9 Å². The predicted octanol–water partition coefficient (Wildman–Crippen LogP) is 4.77. The fourth-order valence-corrected chi connectivity index (χ4v) is 4.13. The molecule has 1 aliphatic rings. The highest BCUT2D eigenvalue weighted by Crippen LogP contribution is 3.02. The second-order valence-electron chi connectivity index (χ2n) is 5.68. The lowest BCUT2D eigenvalue weighted by molar-refractivity contribution is -0.150. The first-order valence-electron chi connectivity index (χ1n) is 8.08. The lowest BCUT2D eigenvalue weighted by atomic mass is 9.96. The highest BCUT2D eigenvalue weighted by molar-refractivity contribution is 8.45. The Bertz CT molecular complexity index is 716. The molecular formula is C16H22F5NO4S2. The van der Waals surface area contributed by atoms with Crippen molar-refractivity contribution in [1.29, 1.82) is 0 Å². The molecule has 0 saturated carbocycles. The van der Waals surface area contributed by atoms with Gasteiger partial charge in [0.1, 0.15) is 10.5 Å². The molecule has 1 atom stereocenters. The Morgan fingerprint density at radius 1 is 1.07 bits per heavy atom. The quantitative estimate of drug-likeness (QED) is 0.499. The number of carbonyl (C=O) groups excluding carboxylic acids is 2. The number of rotatable bonds is 6. The van der Waals surface area contributed by atoms with Crippen molar-refractivity contribution in [1.82, 2.24) is 5.32 Å². The molecule has 1 fully saturated rings. The van der Waals surface area contributed by atoms with E-state index in [2.05, 4.69) is 10.1 Å². The van der Waals surface area contributed by atoms with E-state index in [1.807, 2.05) is 13.8 Å². The summed E-state index contributed by atoms with van der Waals surface area (Å²) in [5.74, 6) is -0.911. The third kappa shape index (κ3) is 5.51. The minimum atomic E-state index is -9.82. The highest BCUT2D eigenvalue weighted by atomic mass is 32.5. The van der Waals surface area contributed by atoms with Crippen LogP contribution in [0.2, 0.25) is 0 Å². The molecule has 0 spiro atoms. The maximum atomic E-state index is 12.7. The molecule has 1 saturated heterocycles. The van der Waals surface area contributed by atoms with Crippen LogP contribution >= 0.6 is 22.0 Å². The van der Waals surface area contributed by atoms with Gasteiger partial charge in [0.25, 0.3) is 5.91 Å². The lowest BCUT2D eigenvalue weighted by Crippen LogP contribution is -2.65. The van der Waals surface area contributed by atoms with Crippen LogP contribution in [0.25, 0.3) is 0 Å². The molecule has 1 amide bonds. The summed E-state index contributed by atoms with van der Waals surface area (Å²) in [6.07, 6.45) is 0. The monoisotopic (exact) mass is 451 g/mol. The van der Waals surface area contributed by atoms with E-state index in [9.17, 15) is 29.0 Å². The van der Waals surface area contributed by atoms with Crippen LogP contribution in [-0.2, 0) is 14.3 Å². The number of thioether (sulfide) groups is 1. The molecule has 1 N–H and O–H groups in total. The van der Waals surface area contributed by atoms with Crippen LogP contribution in [0, 0.1) is 0 Å². The zero-order chi connectivity index (χ0) is 21.9. The van der Waals surface area contributed by atoms with E-state index in [1.54, 1.807) is 0 Å². The average Bonchev–Trinajstić information content (AvgIpc) is 2.59. The van der Waals surface area contributed by atoms with Crippen molar-refractivity contribution in [2.24, 2.45) is 0 Å². The number of esters is 1. The molecule has 1 aliphatic heterocycles. The van der Waals surface area contributed by atoms with Crippen molar-refractivity contribution in [2.75, 3.05) is 25.7 Å². The van der Waals surface area contributed by atoms with Gasteiger partial charge >= 0.3 is 16.2 Å². The van der Waals surface area contributed by atoms with Crippen LogP contribution in [0.4, 0.5) is 19.4 Å². The van der Waals surface area contributed by atoms with Gasteiger partial charge < -0.3 is 14.8 Å². The smallest absolute Gasteiger partial charge is 0.331 e. The number of benzene rings is 1. The molecule has 0 radical (unpaired) electrons. The van der Waals surface area contributed by atoms with Gasteiger partial charge in [-0.2, -0.15) is 11.8 Å². The molecule has 1 unspecified atom stereocenters. The second kappa shape index (κ2) is 7.71. The first kappa shape index (κ1) is 24.5. The first-order chi connectivity index (χ1) is 12.7. The maximum absolute atomic E-state index is 12.7. The number of methoxy groups -OCH3 is 2. The van der Waals surface area contributed by atoms with Gasteiger partial charge in [-0.05, 0) is 24.3 Å². The fourth-order valence-electron chi connectivity index (χ4n) is 2.31. The van der Waals surface area contributed by atoms with Gasteiger partial charge in [-0.15, -0.1) is 0 Å². The Morgan fingerprint density at radius 3 is 1.89 bits per heavy atom. The largest absolute Gasteiger partial charge is 0.467 e. The number of halogens is 5. The van der Waals surface area contributed by atoms with Crippen molar-refractivity contribution < 1.29 is 38.5 Å². The van der Waals surface area contributed by atoms with Crippen molar-refractivity contribution in [2.45, 2.75) is 30.4 Å². The summed E-state index contributed by atoms with van der Waals surface area (Å²) in [5.41, 5.74) is -1.32. The topological polar surface area (TPSA) is 64.6 Å². The molecule has 162 valence electrons. The third-order valence-electron chi connectivity index (χ3n) is 3.90. The molecule has 28 heavy (non-hydrogen) atoms. The fraction of sp³-hybridized carbons (Fsp3) is 0.500. The van der Waals surface area contributed by atoms with E-state index in [0.29, 0.717) is 23.6 Å². The van der Waals surface area contributed by atoms with Gasteiger partial charge in [-0.25, -0.2) is 4.79 Å². The van der Waals surface area contributed by atoms with Gasteiger partial charge in [0.15, 0.2) is 6.04 Å². The van der Waals surface area contributed by atoms with Gasteiger partial charge in [0, 0.05) is 24.2 Å². The second-order valence-corrected chi connectivity index (χ2v) is 9.08. The molecule has 1 heterocycles. The summed E-state index contributed by atoms with van der Waals surface area (Å²) in [6, 6.07) is 0.309. The number of hydrogen-bond acceptors (Lipinski definition) is 5. The van der Waals surface area contributed by atoms with E-state index < -0.39 is 38.6 Å². The van der Waals surface area contributed by atoms with E-state index in [-0.39, 0.29) is 17.7 Å². The Labute approximate surface area is 164 Å². The highest BCUT2D eigenvalue weighted by Gasteiger charge is 2.65. The summed E-state index contributed by atoms with van der Waals surface area (Å²) in [6.45, 7) is 4.00. The van der Waals surface area contributed by atoms with Crippen LogP contribution < -0.4 is 5.32 Å². The zero-order valence-electron chi connectivity index (χ0n) is 15.6. The van der Waals surface area contributed by atoms with Crippen LogP contribution in [0.5, 0.6) is 0 Å². The lowest BCUT2D eigenvalue weighted by Gasteiger charge is -2.44. The Morgan fingerprint density at radius 2 is 1.57 bits per heavy atom. The summed E-state index contributed by atoms with van der Waals surface area (Å²) in [7, 11) is -7.35. The molecule has 0 aromatic heterocycles. The molecule has 2 rings (SSSR count). The number of carbonyl (C=O) groups is 2. The zero-order valence-corrected chi connectivity index (χ0v) is 17.3. The van der Waals surface area contributed by atoms with E-state index in [4.69, 9.17) is 4.74 Å². The normalized spacial score (nSPS) is 18.9.